The average Bonchev–Trinajstić information content (AvgIpc) is 2.83. The van der Waals surface area contributed by atoms with Crippen molar-refractivity contribution in [2.45, 2.75) is 12.8 Å². The molecule has 9 heteroatoms. The van der Waals surface area contributed by atoms with Gasteiger partial charge in [-0.05, 0) is 36.8 Å². The van der Waals surface area contributed by atoms with E-state index >= 15 is 0 Å². The molecular formula is C24H23N3O5S. The van der Waals surface area contributed by atoms with Crippen LogP contribution < -0.4 is 15.4 Å². The second-order valence-corrected chi connectivity index (χ2v) is 8.01. The highest BCUT2D eigenvalue weighted by molar-refractivity contribution is 8.03. The van der Waals surface area contributed by atoms with E-state index in [1.54, 1.807) is 54.6 Å². The molecule has 0 saturated heterocycles. The summed E-state index contributed by atoms with van der Waals surface area (Å²) < 4.78 is 10.2. The number of amides is 2. The van der Waals surface area contributed by atoms with Crippen molar-refractivity contribution >= 4 is 35.2 Å². The van der Waals surface area contributed by atoms with Crippen molar-refractivity contribution < 1.29 is 23.9 Å². The Kier molecular flexibility index (Phi) is 8.11. The standard InChI is InChI=1S/C24H23N3O5S/c1-3-32-17-11-9-16(10-12-17)26-19(28)14-33-23-18(13-25)20(15-7-5-4-6-8-15)21(22(29)27-23)24(30)31-2/h4-12,20-21H,3,14H2,1-2H3,(H,26,28)(H,27,29)/t20-,21-/m0/s1. The van der Waals surface area contributed by atoms with Gasteiger partial charge in [0.2, 0.25) is 11.8 Å². The molecule has 33 heavy (non-hydrogen) atoms. The van der Waals surface area contributed by atoms with Crippen LogP contribution in [0.1, 0.15) is 18.4 Å². The topological polar surface area (TPSA) is 118 Å². The Bertz CT molecular complexity index is 1090. The summed E-state index contributed by atoms with van der Waals surface area (Å²) in [7, 11) is 1.20. The summed E-state index contributed by atoms with van der Waals surface area (Å²) in [4.78, 5) is 37.6. The molecule has 0 bridgehead atoms. The number of hydrogen-bond donors (Lipinski definition) is 2. The maximum absolute atomic E-state index is 12.8. The number of hydrogen-bond acceptors (Lipinski definition) is 7. The lowest BCUT2D eigenvalue weighted by atomic mass is 9.78. The number of nitrogens with one attached hydrogen (secondary N) is 2. The molecule has 0 aromatic heterocycles. The van der Waals surface area contributed by atoms with E-state index in [9.17, 15) is 19.6 Å². The van der Waals surface area contributed by atoms with E-state index in [1.807, 2.05) is 6.92 Å². The molecule has 2 amide bonds. The number of nitrogens with zero attached hydrogens (tertiary/aromatic N) is 1. The number of esters is 1. The normalized spacial score (nSPS) is 17.5. The summed E-state index contributed by atoms with van der Waals surface area (Å²) in [5.74, 6) is -2.97. The molecule has 1 aliphatic heterocycles. The van der Waals surface area contributed by atoms with Gasteiger partial charge in [-0.25, -0.2) is 0 Å². The summed E-state index contributed by atoms with van der Waals surface area (Å²) in [5, 5.41) is 15.5. The number of carbonyl (C=O) groups excluding carboxylic acids is 3. The highest BCUT2D eigenvalue weighted by Crippen LogP contribution is 2.40. The smallest absolute Gasteiger partial charge is 0.319 e. The average molecular weight is 466 g/mol. The van der Waals surface area contributed by atoms with E-state index in [4.69, 9.17) is 9.47 Å². The molecule has 2 atom stereocenters. The molecule has 3 rings (SSSR count). The highest BCUT2D eigenvalue weighted by atomic mass is 32.2. The molecule has 0 aliphatic carbocycles. The van der Waals surface area contributed by atoms with Crippen LogP contribution >= 0.6 is 11.8 Å². The van der Waals surface area contributed by atoms with E-state index in [0.717, 1.165) is 11.8 Å². The largest absolute Gasteiger partial charge is 0.494 e. The third-order valence-corrected chi connectivity index (χ3v) is 5.96. The fraction of sp³-hybridized carbons (Fsp3) is 0.250. The second kappa shape index (κ2) is 11.2. The van der Waals surface area contributed by atoms with Gasteiger partial charge in [-0.3, -0.25) is 14.4 Å². The van der Waals surface area contributed by atoms with Gasteiger partial charge in [0.25, 0.3) is 0 Å². The molecular weight excluding hydrogens is 442 g/mol. The fourth-order valence-electron chi connectivity index (χ4n) is 3.48. The van der Waals surface area contributed by atoms with Gasteiger partial charge in [-0.15, -0.1) is 0 Å². The van der Waals surface area contributed by atoms with Crippen molar-refractivity contribution in [3.63, 3.8) is 0 Å². The Balaban J connectivity index is 1.79. The summed E-state index contributed by atoms with van der Waals surface area (Å²) in [6.07, 6.45) is 0. The van der Waals surface area contributed by atoms with Gasteiger partial charge in [0.05, 0.1) is 36.1 Å². The Hall–Kier alpha value is -3.77. The number of carbonyl (C=O) groups is 3. The minimum Gasteiger partial charge on any atom is -0.494 e. The lowest BCUT2D eigenvalue weighted by Crippen LogP contribution is -2.44. The summed E-state index contributed by atoms with van der Waals surface area (Å²) >= 11 is 1.03. The Morgan fingerprint density at radius 1 is 1.15 bits per heavy atom. The Morgan fingerprint density at radius 2 is 1.85 bits per heavy atom. The van der Waals surface area contributed by atoms with E-state index < -0.39 is 23.7 Å². The third-order valence-electron chi connectivity index (χ3n) is 4.94. The number of thioether (sulfide) groups is 1. The quantitative estimate of drug-likeness (QED) is 0.454. The molecule has 2 N–H and O–H groups in total. The van der Waals surface area contributed by atoms with E-state index in [2.05, 4.69) is 16.7 Å². The monoisotopic (exact) mass is 465 g/mol. The first-order valence-corrected chi connectivity index (χ1v) is 11.2. The molecule has 0 fully saturated rings. The van der Waals surface area contributed by atoms with Gasteiger partial charge >= 0.3 is 5.97 Å². The first-order chi connectivity index (χ1) is 16.0. The van der Waals surface area contributed by atoms with Crippen molar-refractivity contribution in [1.82, 2.24) is 5.32 Å². The van der Waals surface area contributed by atoms with E-state index in [-0.39, 0.29) is 22.3 Å². The number of benzene rings is 2. The fourth-order valence-corrected chi connectivity index (χ4v) is 4.32. The molecule has 0 saturated carbocycles. The molecule has 1 heterocycles. The zero-order valence-corrected chi connectivity index (χ0v) is 19.0. The lowest BCUT2D eigenvalue weighted by Gasteiger charge is -2.30. The molecule has 170 valence electrons. The summed E-state index contributed by atoms with van der Waals surface area (Å²) in [5.41, 5.74) is 1.44. The predicted octanol–water partition coefficient (Wildman–Crippen LogP) is 3.19. The first-order valence-electron chi connectivity index (χ1n) is 10.2. The number of ether oxygens (including phenoxy) is 2. The number of allylic oxidation sites excluding steroid dienone is 1. The Labute approximate surface area is 195 Å². The minimum atomic E-state index is -1.20. The molecule has 0 radical (unpaired) electrons. The van der Waals surface area contributed by atoms with Crippen LogP contribution in [0.3, 0.4) is 0 Å². The van der Waals surface area contributed by atoms with Gasteiger partial charge < -0.3 is 20.1 Å². The van der Waals surface area contributed by atoms with Crippen molar-refractivity contribution in [3.8, 4) is 11.8 Å². The summed E-state index contributed by atoms with van der Waals surface area (Å²) in [6, 6.07) is 17.9. The van der Waals surface area contributed by atoms with Crippen molar-refractivity contribution in [1.29, 1.82) is 5.26 Å². The van der Waals surface area contributed by atoms with Crippen LogP contribution in [0.4, 0.5) is 5.69 Å². The van der Waals surface area contributed by atoms with Crippen molar-refractivity contribution in [2.75, 3.05) is 24.8 Å². The number of rotatable bonds is 8. The predicted molar refractivity (Wildman–Crippen MR) is 124 cm³/mol. The SMILES string of the molecule is CCOc1ccc(NC(=O)CSC2=C(C#N)[C@H](c3ccccc3)[C@H](C(=O)OC)C(=O)N2)cc1. The van der Waals surface area contributed by atoms with Crippen LogP contribution in [0.25, 0.3) is 0 Å². The molecule has 2 aromatic rings. The van der Waals surface area contributed by atoms with Gasteiger partial charge in [0, 0.05) is 11.6 Å². The van der Waals surface area contributed by atoms with Gasteiger partial charge in [-0.2, -0.15) is 5.26 Å². The van der Waals surface area contributed by atoms with E-state index in [1.165, 1.54) is 7.11 Å². The van der Waals surface area contributed by atoms with Crippen LogP contribution in [-0.2, 0) is 19.1 Å². The maximum Gasteiger partial charge on any atom is 0.319 e. The maximum atomic E-state index is 12.8. The summed E-state index contributed by atoms with van der Waals surface area (Å²) in [6.45, 7) is 2.43. The second-order valence-electron chi connectivity index (χ2n) is 7.03. The van der Waals surface area contributed by atoms with Crippen LogP contribution in [-0.4, -0.2) is 37.3 Å². The molecule has 0 unspecified atom stereocenters. The lowest BCUT2D eigenvalue weighted by molar-refractivity contribution is -0.150. The zero-order valence-electron chi connectivity index (χ0n) is 18.2. The van der Waals surface area contributed by atoms with Gasteiger partial charge in [-0.1, -0.05) is 42.1 Å². The van der Waals surface area contributed by atoms with Crippen molar-refractivity contribution in [3.05, 3.63) is 70.8 Å². The number of methoxy groups -OCH3 is 1. The van der Waals surface area contributed by atoms with Crippen LogP contribution in [0, 0.1) is 17.2 Å². The number of anilines is 1. The van der Waals surface area contributed by atoms with E-state index in [0.29, 0.717) is 23.6 Å². The van der Waals surface area contributed by atoms with Crippen LogP contribution in [0.2, 0.25) is 0 Å². The molecule has 1 aliphatic rings. The molecule has 8 nitrogen and oxygen atoms in total. The highest BCUT2D eigenvalue weighted by Gasteiger charge is 2.44. The first kappa shape index (κ1) is 23.9. The van der Waals surface area contributed by atoms with Crippen LogP contribution in [0.15, 0.2) is 65.2 Å². The van der Waals surface area contributed by atoms with Crippen LogP contribution in [0.5, 0.6) is 5.75 Å². The molecule has 0 spiro atoms. The minimum absolute atomic E-state index is 0.0432. The van der Waals surface area contributed by atoms with Gasteiger partial charge in [0.15, 0.2) is 0 Å². The zero-order chi connectivity index (χ0) is 23.8. The third kappa shape index (κ3) is 5.73. The Morgan fingerprint density at radius 3 is 2.45 bits per heavy atom. The van der Waals surface area contributed by atoms with Gasteiger partial charge in [0.1, 0.15) is 11.7 Å². The number of nitriles is 1. The molecule has 2 aromatic carbocycles. The van der Waals surface area contributed by atoms with Crippen molar-refractivity contribution in [2.24, 2.45) is 5.92 Å².